The van der Waals surface area contributed by atoms with Gasteiger partial charge in [-0.2, -0.15) is 5.10 Å². The van der Waals surface area contributed by atoms with Crippen LogP contribution >= 0.6 is 11.8 Å². The Hall–Kier alpha value is -1.22. The number of fused-ring (bicyclic) bond motifs is 1. The Morgan fingerprint density at radius 3 is 3.00 bits per heavy atom. The molecular formula is C11H14N4O3S. The molecule has 0 aliphatic carbocycles. The molecule has 3 heterocycles. The van der Waals surface area contributed by atoms with Crippen LogP contribution in [0.4, 0.5) is 0 Å². The van der Waals surface area contributed by atoms with Crippen molar-refractivity contribution in [1.29, 1.82) is 0 Å². The van der Waals surface area contributed by atoms with E-state index in [1.54, 1.807) is 0 Å². The average Bonchev–Trinajstić information content (AvgIpc) is 3.01. The van der Waals surface area contributed by atoms with Gasteiger partial charge in [-0.15, -0.1) is 11.8 Å². The molecule has 0 unspecified atom stereocenters. The van der Waals surface area contributed by atoms with Crippen LogP contribution in [0.2, 0.25) is 0 Å². The van der Waals surface area contributed by atoms with Crippen LogP contribution in [0.1, 0.15) is 18.2 Å². The summed E-state index contributed by atoms with van der Waals surface area (Å²) in [7, 11) is 0. The van der Waals surface area contributed by atoms with E-state index in [9.17, 15) is 5.11 Å². The van der Waals surface area contributed by atoms with Gasteiger partial charge in [-0.05, 0) is 6.26 Å². The number of nitrogens with one attached hydrogen (secondary N) is 1. The molecule has 8 heteroatoms. The largest absolute Gasteiger partial charge is 0.394 e. The van der Waals surface area contributed by atoms with Crippen LogP contribution in [0, 0.1) is 0 Å². The molecule has 0 spiro atoms. The zero-order chi connectivity index (χ0) is 13.4. The highest BCUT2D eigenvalue weighted by Gasteiger charge is 2.36. The monoisotopic (exact) mass is 282 g/mol. The van der Waals surface area contributed by atoms with Gasteiger partial charge in [0.1, 0.15) is 34.6 Å². The van der Waals surface area contributed by atoms with Gasteiger partial charge >= 0.3 is 0 Å². The smallest absolute Gasteiger partial charge is 0.143 e. The maximum Gasteiger partial charge on any atom is 0.143 e. The Morgan fingerprint density at radius 1 is 1.47 bits per heavy atom. The number of aliphatic hydroxyl groups is 2. The molecule has 1 aliphatic rings. The summed E-state index contributed by atoms with van der Waals surface area (Å²) in [6.07, 6.45) is 2.28. The van der Waals surface area contributed by atoms with Crippen LogP contribution < -0.4 is 0 Å². The normalized spacial score (nSPS) is 27.2. The molecule has 0 saturated carbocycles. The summed E-state index contributed by atoms with van der Waals surface area (Å²) < 4.78 is 5.61. The first-order chi connectivity index (χ1) is 9.24. The van der Waals surface area contributed by atoms with E-state index in [4.69, 9.17) is 9.84 Å². The molecule has 3 N–H and O–H groups in total. The lowest BCUT2D eigenvalue weighted by molar-refractivity contribution is -0.0232. The minimum atomic E-state index is -0.671. The molecule has 0 aromatic carbocycles. The second kappa shape index (κ2) is 5.04. The molecule has 1 fully saturated rings. The molecule has 0 amide bonds. The molecule has 2 aromatic heterocycles. The van der Waals surface area contributed by atoms with E-state index in [1.807, 2.05) is 6.26 Å². The minimum absolute atomic E-state index is 0.200. The Morgan fingerprint density at radius 2 is 2.32 bits per heavy atom. The number of nitrogens with zero attached hydrogens (tertiary/aromatic N) is 3. The Bertz CT molecular complexity index is 590. The summed E-state index contributed by atoms with van der Waals surface area (Å²) in [5, 5.41) is 26.8. The summed E-state index contributed by atoms with van der Waals surface area (Å²) in [6, 6.07) is 0. The lowest BCUT2D eigenvalue weighted by Crippen LogP contribution is -2.24. The lowest BCUT2D eigenvalue weighted by Gasteiger charge is -2.10. The van der Waals surface area contributed by atoms with Gasteiger partial charge in [-0.1, -0.05) is 0 Å². The van der Waals surface area contributed by atoms with E-state index in [0.29, 0.717) is 17.5 Å². The maximum absolute atomic E-state index is 9.77. The second-order valence-electron chi connectivity index (χ2n) is 4.37. The van der Waals surface area contributed by atoms with Crippen molar-refractivity contribution in [3.05, 3.63) is 12.0 Å². The zero-order valence-corrected chi connectivity index (χ0v) is 11.1. The van der Waals surface area contributed by atoms with Gasteiger partial charge in [0.15, 0.2) is 0 Å². The number of rotatable bonds is 3. The van der Waals surface area contributed by atoms with E-state index in [2.05, 4.69) is 20.2 Å². The number of ether oxygens (including phenoxy) is 1. The fraction of sp³-hybridized carbons (Fsp3) is 0.545. The van der Waals surface area contributed by atoms with E-state index in [1.165, 1.54) is 18.1 Å². The van der Waals surface area contributed by atoms with Gasteiger partial charge in [0.05, 0.1) is 18.4 Å². The van der Waals surface area contributed by atoms with Crippen LogP contribution in [-0.4, -0.2) is 55.4 Å². The van der Waals surface area contributed by atoms with Gasteiger partial charge in [0.25, 0.3) is 0 Å². The van der Waals surface area contributed by atoms with Gasteiger partial charge in [0, 0.05) is 6.42 Å². The number of aromatic amines is 1. The van der Waals surface area contributed by atoms with E-state index >= 15 is 0 Å². The number of aliphatic hydroxyl groups excluding tert-OH is 2. The minimum Gasteiger partial charge on any atom is -0.394 e. The van der Waals surface area contributed by atoms with Crippen molar-refractivity contribution in [1.82, 2.24) is 20.2 Å². The van der Waals surface area contributed by atoms with Crippen LogP contribution in [0.25, 0.3) is 11.0 Å². The Labute approximate surface area is 113 Å². The molecule has 1 aliphatic heterocycles. The fourth-order valence-electron chi connectivity index (χ4n) is 2.28. The van der Waals surface area contributed by atoms with Crippen molar-refractivity contribution in [2.75, 3.05) is 12.9 Å². The van der Waals surface area contributed by atoms with Crippen molar-refractivity contribution in [3.63, 3.8) is 0 Å². The van der Waals surface area contributed by atoms with Gasteiger partial charge in [-0.3, -0.25) is 5.10 Å². The molecule has 7 nitrogen and oxygen atoms in total. The summed E-state index contributed by atoms with van der Waals surface area (Å²) in [6.45, 7) is -0.200. The molecule has 0 radical (unpaired) electrons. The van der Waals surface area contributed by atoms with Crippen LogP contribution in [0.15, 0.2) is 11.4 Å². The average molecular weight is 282 g/mol. The van der Waals surface area contributed by atoms with Crippen molar-refractivity contribution in [2.45, 2.75) is 29.8 Å². The zero-order valence-electron chi connectivity index (χ0n) is 10.3. The number of hydrogen-bond acceptors (Lipinski definition) is 7. The highest BCUT2D eigenvalue weighted by atomic mass is 32.2. The summed E-state index contributed by atoms with van der Waals surface area (Å²) >= 11 is 1.50. The molecule has 19 heavy (non-hydrogen) atoms. The van der Waals surface area contributed by atoms with Crippen molar-refractivity contribution in [3.8, 4) is 0 Å². The predicted octanol–water partition coefficient (Wildman–Crippen LogP) is 0.258. The Kier molecular flexibility index (Phi) is 3.40. The summed E-state index contributed by atoms with van der Waals surface area (Å²) in [5.41, 5.74) is 2.13. The lowest BCUT2D eigenvalue weighted by atomic mass is 10.1. The van der Waals surface area contributed by atoms with Gasteiger partial charge < -0.3 is 14.9 Å². The maximum atomic E-state index is 9.77. The molecule has 102 valence electrons. The highest BCUT2D eigenvalue weighted by molar-refractivity contribution is 7.98. The van der Waals surface area contributed by atoms with Crippen molar-refractivity contribution >= 4 is 22.8 Å². The Balaban J connectivity index is 1.98. The topological polar surface area (TPSA) is 104 Å². The standard InChI is InChI=1S/C11H14N4O3S/c1-19-11-10-9(12-4-13-11)8(14-15-10)6-2-5(17)7(3-16)18-6/h4-7,16-17H,2-3H2,1H3,(H,14,15)/t5-,6+,7+/m0/s1. The van der Waals surface area contributed by atoms with Gasteiger partial charge in [-0.25, -0.2) is 9.97 Å². The quantitative estimate of drug-likeness (QED) is 0.548. The summed E-state index contributed by atoms with van der Waals surface area (Å²) in [5.74, 6) is 0. The third kappa shape index (κ3) is 2.10. The number of hydrogen-bond donors (Lipinski definition) is 3. The van der Waals surface area contributed by atoms with E-state index in [0.717, 1.165) is 10.7 Å². The third-order valence-corrected chi connectivity index (χ3v) is 3.94. The summed E-state index contributed by atoms with van der Waals surface area (Å²) in [4.78, 5) is 8.38. The number of H-pyrrole nitrogens is 1. The molecule has 1 saturated heterocycles. The number of thioether (sulfide) groups is 1. The first-order valence-corrected chi connectivity index (χ1v) is 7.14. The van der Waals surface area contributed by atoms with E-state index < -0.39 is 12.2 Å². The van der Waals surface area contributed by atoms with Gasteiger partial charge in [0.2, 0.25) is 0 Å². The van der Waals surface area contributed by atoms with Crippen LogP contribution in [0.5, 0.6) is 0 Å². The number of aromatic nitrogens is 4. The first-order valence-electron chi connectivity index (χ1n) is 5.92. The molecule has 3 rings (SSSR count). The van der Waals surface area contributed by atoms with Crippen molar-refractivity contribution < 1.29 is 14.9 Å². The van der Waals surface area contributed by atoms with Crippen LogP contribution in [-0.2, 0) is 4.74 Å². The first kappa shape index (κ1) is 12.8. The molecule has 0 bridgehead atoms. The molecule has 2 aromatic rings. The van der Waals surface area contributed by atoms with Crippen molar-refractivity contribution in [2.24, 2.45) is 0 Å². The third-order valence-electron chi connectivity index (χ3n) is 3.25. The predicted molar refractivity (Wildman–Crippen MR) is 68.8 cm³/mol. The van der Waals surface area contributed by atoms with Crippen LogP contribution in [0.3, 0.4) is 0 Å². The SMILES string of the molecule is CSc1ncnc2c([C@H]3C[C@H](O)[C@@H](CO)O3)[nH]nc12. The van der Waals surface area contributed by atoms with E-state index in [-0.39, 0.29) is 12.7 Å². The molecule has 3 atom stereocenters. The molecular weight excluding hydrogens is 268 g/mol. The highest BCUT2D eigenvalue weighted by Crippen LogP contribution is 2.35. The second-order valence-corrected chi connectivity index (χ2v) is 5.16. The fourth-order valence-corrected chi connectivity index (χ4v) is 2.77.